The maximum atomic E-state index is 12.2. The van der Waals surface area contributed by atoms with Crippen molar-refractivity contribution in [3.8, 4) is 6.07 Å². The number of carbonyl (C=O) groups is 1. The van der Waals surface area contributed by atoms with Crippen LogP contribution in [-0.2, 0) is 4.79 Å². The van der Waals surface area contributed by atoms with E-state index in [9.17, 15) is 20.2 Å². The van der Waals surface area contributed by atoms with Crippen LogP contribution in [-0.4, -0.2) is 16.5 Å². The first-order valence-corrected chi connectivity index (χ1v) is 8.50. The highest BCUT2D eigenvalue weighted by Crippen LogP contribution is 2.43. The Morgan fingerprint density at radius 1 is 1.52 bits per heavy atom. The number of carbonyl (C=O) groups excluding carboxylic acids is 1. The predicted octanol–water partition coefficient (Wildman–Crippen LogP) is 3.80. The van der Waals surface area contributed by atoms with Gasteiger partial charge in [0.15, 0.2) is 5.78 Å². The van der Waals surface area contributed by atoms with Gasteiger partial charge in [-0.2, -0.15) is 5.26 Å². The molecule has 1 N–H and O–H groups in total. The molecule has 0 radical (unpaired) electrons. The zero-order chi connectivity index (χ0) is 18.6. The lowest BCUT2D eigenvalue weighted by Gasteiger charge is -2.29. The molecule has 0 saturated heterocycles. The lowest BCUT2D eigenvalue weighted by atomic mass is 9.80. The van der Waals surface area contributed by atoms with Crippen LogP contribution in [0.5, 0.6) is 0 Å². The van der Waals surface area contributed by atoms with E-state index in [1.807, 2.05) is 0 Å². The molecule has 128 valence electrons. The van der Waals surface area contributed by atoms with Gasteiger partial charge in [0.05, 0.1) is 27.5 Å². The summed E-state index contributed by atoms with van der Waals surface area (Å²) in [6, 6.07) is 8.35. The van der Waals surface area contributed by atoms with E-state index in [2.05, 4.69) is 18.0 Å². The number of Topliss-reactive ketones (excluding diaryl/α,β-unsaturated/α-hetero) is 1. The van der Waals surface area contributed by atoms with Gasteiger partial charge in [-0.15, -0.1) is 18.3 Å². The zero-order valence-electron chi connectivity index (χ0n) is 13.9. The van der Waals surface area contributed by atoms with Crippen molar-refractivity contribution in [2.75, 3.05) is 5.75 Å². The molecule has 2 rings (SSSR count). The number of nitrogens with zero attached hydrogens (tertiary/aromatic N) is 2. The van der Waals surface area contributed by atoms with Crippen LogP contribution >= 0.6 is 11.8 Å². The number of benzene rings is 1. The number of hydrogen-bond donors (Lipinski definition) is 1. The number of nitro groups is 1. The third-order valence-corrected chi connectivity index (χ3v) is 4.83. The molecule has 0 aromatic heterocycles. The van der Waals surface area contributed by atoms with Gasteiger partial charge in [0.2, 0.25) is 0 Å². The smallest absolute Gasteiger partial charge is 0.273 e. The third kappa shape index (κ3) is 3.64. The van der Waals surface area contributed by atoms with Gasteiger partial charge in [0.1, 0.15) is 0 Å². The number of ketones is 1. The Morgan fingerprint density at radius 2 is 2.20 bits per heavy atom. The predicted molar refractivity (Wildman–Crippen MR) is 97.6 cm³/mol. The van der Waals surface area contributed by atoms with Crippen LogP contribution < -0.4 is 5.32 Å². The summed E-state index contributed by atoms with van der Waals surface area (Å²) < 4.78 is 0. The highest BCUT2D eigenvalue weighted by Gasteiger charge is 2.36. The molecular formula is C18H17N3O3S. The largest absolute Gasteiger partial charge is 0.353 e. The Bertz CT molecular complexity index is 849. The van der Waals surface area contributed by atoms with Crippen molar-refractivity contribution in [3.63, 3.8) is 0 Å². The number of nitrogens with one attached hydrogen (secondary N) is 1. The Hall–Kier alpha value is -2.85. The first kappa shape index (κ1) is 18.5. The molecule has 0 bridgehead atoms. The van der Waals surface area contributed by atoms with Gasteiger partial charge in [0.25, 0.3) is 5.69 Å². The van der Waals surface area contributed by atoms with Gasteiger partial charge in [-0.3, -0.25) is 14.9 Å². The molecule has 0 amide bonds. The Morgan fingerprint density at radius 3 is 2.76 bits per heavy atom. The van der Waals surface area contributed by atoms with Crippen molar-refractivity contribution in [3.05, 3.63) is 74.5 Å². The van der Waals surface area contributed by atoms with E-state index >= 15 is 0 Å². The highest BCUT2D eigenvalue weighted by molar-refractivity contribution is 8.03. The maximum absolute atomic E-state index is 12.2. The standard InChI is InChI=1S/C18H17N3O3S/c1-4-9-25-18-14(10-19)17(16(12(3)22)11(2)20-18)13-7-5-6-8-15(13)21(23)24/h4-8,17,20H,1,9H2,2-3H3. The normalized spacial score (nSPS) is 16.9. The Kier molecular flexibility index (Phi) is 5.78. The summed E-state index contributed by atoms with van der Waals surface area (Å²) >= 11 is 1.37. The molecule has 0 saturated carbocycles. The van der Waals surface area contributed by atoms with Gasteiger partial charge in [-0.25, -0.2) is 0 Å². The third-order valence-electron chi connectivity index (χ3n) is 3.82. The number of para-hydroxylation sites is 1. The number of allylic oxidation sites excluding steroid dienone is 3. The monoisotopic (exact) mass is 355 g/mol. The van der Waals surface area contributed by atoms with E-state index in [1.165, 1.54) is 24.8 Å². The average Bonchev–Trinajstić information content (AvgIpc) is 2.58. The molecule has 1 aliphatic rings. The highest BCUT2D eigenvalue weighted by atomic mass is 32.2. The van der Waals surface area contributed by atoms with Crippen molar-refractivity contribution in [1.29, 1.82) is 5.26 Å². The second kappa shape index (κ2) is 7.81. The second-order valence-corrected chi connectivity index (χ2v) is 6.45. The lowest BCUT2D eigenvalue weighted by molar-refractivity contribution is -0.385. The molecule has 1 aliphatic heterocycles. The Labute approximate surface area is 150 Å². The fourth-order valence-corrected chi connectivity index (χ4v) is 3.67. The van der Waals surface area contributed by atoms with Gasteiger partial charge >= 0.3 is 0 Å². The second-order valence-electron chi connectivity index (χ2n) is 5.42. The number of nitro benzene ring substituents is 1. The number of dihydropyridines is 1. The summed E-state index contributed by atoms with van der Waals surface area (Å²) in [5.74, 6) is -0.425. The van der Waals surface area contributed by atoms with Crippen molar-refractivity contribution in [2.45, 2.75) is 19.8 Å². The van der Waals surface area contributed by atoms with Crippen LogP contribution in [0.25, 0.3) is 0 Å². The van der Waals surface area contributed by atoms with Gasteiger partial charge in [-0.1, -0.05) is 24.3 Å². The minimum atomic E-state index is -0.766. The van der Waals surface area contributed by atoms with Gasteiger partial charge in [-0.05, 0) is 13.8 Å². The number of thioether (sulfide) groups is 1. The maximum Gasteiger partial charge on any atom is 0.273 e. The lowest BCUT2D eigenvalue weighted by Crippen LogP contribution is -2.27. The quantitative estimate of drug-likeness (QED) is 0.474. The van der Waals surface area contributed by atoms with E-state index in [-0.39, 0.29) is 11.5 Å². The Balaban J connectivity index is 2.74. The van der Waals surface area contributed by atoms with Crippen LogP contribution in [0.4, 0.5) is 5.69 Å². The average molecular weight is 355 g/mol. The zero-order valence-corrected chi connectivity index (χ0v) is 14.7. The van der Waals surface area contributed by atoms with E-state index in [4.69, 9.17) is 0 Å². The van der Waals surface area contributed by atoms with E-state index in [1.54, 1.807) is 31.2 Å². The van der Waals surface area contributed by atoms with Crippen molar-refractivity contribution in [1.82, 2.24) is 5.32 Å². The minimum absolute atomic E-state index is 0.109. The van der Waals surface area contributed by atoms with Crippen LogP contribution in [0.1, 0.15) is 25.3 Å². The molecule has 1 atom stereocenters. The van der Waals surface area contributed by atoms with Gasteiger partial charge < -0.3 is 5.32 Å². The molecule has 7 heteroatoms. The van der Waals surface area contributed by atoms with E-state index < -0.39 is 10.8 Å². The van der Waals surface area contributed by atoms with Crippen LogP contribution in [0.3, 0.4) is 0 Å². The summed E-state index contributed by atoms with van der Waals surface area (Å²) in [5.41, 5.74) is 1.50. The van der Waals surface area contributed by atoms with Crippen molar-refractivity contribution < 1.29 is 9.72 Å². The molecule has 1 aromatic carbocycles. The molecule has 0 spiro atoms. The molecule has 1 heterocycles. The molecule has 6 nitrogen and oxygen atoms in total. The molecule has 1 aromatic rings. The number of nitriles is 1. The summed E-state index contributed by atoms with van der Waals surface area (Å²) in [5, 5.41) is 24.8. The summed E-state index contributed by atoms with van der Waals surface area (Å²) in [6.07, 6.45) is 1.70. The molecule has 1 unspecified atom stereocenters. The van der Waals surface area contributed by atoms with E-state index in [0.717, 1.165) is 0 Å². The first-order chi connectivity index (χ1) is 11.9. The number of rotatable bonds is 6. The number of hydrogen-bond acceptors (Lipinski definition) is 6. The van der Waals surface area contributed by atoms with Crippen LogP contribution in [0, 0.1) is 21.4 Å². The fourth-order valence-electron chi connectivity index (χ4n) is 2.84. The van der Waals surface area contributed by atoms with Crippen molar-refractivity contribution >= 4 is 23.2 Å². The summed E-state index contributed by atoms with van der Waals surface area (Å²) in [6.45, 7) is 6.80. The van der Waals surface area contributed by atoms with Crippen LogP contribution in [0.2, 0.25) is 0 Å². The van der Waals surface area contributed by atoms with E-state index in [0.29, 0.717) is 33.2 Å². The SMILES string of the molecule is C=CCSC1=C(C#N)C(c2ccccc2[N+](=O)[O-])C(C(C)=O)=C(C)N1. The topological polar surface area (TPSA) is 96.0 Å². The minimum Gasteiger partial charge on any atom is -0.353 e. The molecule has 0 fully saturated rings. The summed E-state index contributed by atoms with van der Waals surface area (Å²) in [7, 11) is 0. The van der Waals surface area contributed by atoms with Gasteiger partial charge in [0, 0.05) is 28.7 Å². The molecule has 0 aliphatic carbocycles. The van der Waals surface area contributed by atoms with Crippen molar-refractivity contribution in [2.24, 2.45) is 0 Å². The molecular weight excluding hydrogens is 338 g/mol. The first-order valence-electron chi connectivity index (χ1n) is 7.52. The summed E-state index contributed by atoms with van der Waals surface area (Å²) in [4.78, 5) is 23.2. The fraction of sp³-hybridized carbons (Fsp3) is 0.222. The molecule has 25 heavy (non-hydrogen) atoms. The van der Waals surface area contributed by atoms with Crippen LogP contribution in [0.15, 0.2) is 58.8 Å².